The van der Waals surface area contributed by atoms with Gasteiger partial charge in [-0.05, 0) is 41.5 Å². The van der Waals surface area contributed by atoms with Crippen LogP contribution in [0.25, 0.3) is 21.9 Å². The van der Waals surface area contributed by atoms with Crippen LogP contribution in [0.15, 0.2) is 36.9 Å². The van der Waals surface area contributed by atoms with Gasteiger partial charge in [0.25, 0.3) is 0 Å². The monoisotopic (exact) mass is 487 g/mol. The molecule has 0 spiro atoms. The Labute approximate surface area is 206 Å². The first kappa shape index (κ1) is 22.3. The maximum Gasteiger partial charge on any atom is 0.237 e. The van der Waals surface area contributed by atoms with Gasteiger partial charge in [-0.1, -0.05) is 6.92 Å². The SMILES string of the molecule is Cc1c(-c2cc3cc(NC(=O)[C@H]4[C@@H](C)[C@@H]4c4cnn(C)c4)ncc3c(N)c2F)cnc2c1NCCO2. The molecule has 0 saturated heterocycles. The van der Waals surface area contributed by atoms with Crippen molar-refractivity contribution in [2.45, 2.75) is 19.8 Å². The fourth-order valence-corrected chi connectivity index (χ4v) is 5.25. The molecule has 0 bridgehead atoms. The number of nitrogens with one attached hydrogen (secondary N) is 2. The van der Waals surface area contributed by atoms with Crippen LogP contribution in [0.1, 0.15) is 24.0 Å². The number of aromatic nitrogens is 4. The molecular weight excluding hydrogens is 461 g/mol. The molecule has 1 saturated carbocycles. The van der Waals surface area contributed by atoms with Crippen molar-refractivity contribution in [1.82, 2.24) is 19.7 Å². The van der Waals surface area contributed by atoms with Crippen molar-refractivity contribution in [2.75, 3.05) is 29.5 Å². The van der Waals surface area contributed by atoms with E-state index in [4.69, 9.17) is 10.5 Å². The van der Waals surface area contributed by atoms with Crippen LogP contribution in [0, 0.1) is 24.6 Å². The number of aryl methyl sites for hydroxylation is 1. The predicted octanol–water partition coefficient (Wildman–Crippen LogP) is 3.85. The second-order valence-corrected chi connectivity index (χ2v) is 9.54. The average molecular weight is 488 g/mol. The van der Waals surface area contributed by atoms with E-state index in [-0.39, 0.29) is 29.3 Å². The minimum atomic E-state index is -0.534. The summed E-state index contributed by atoms with van der Waals surface area (Å²) in [5.41, 5.74) is 9.76. The van der Waals surface area contributed by atoms with Gasteiger partial charge in [-0.2, -0.15) is 5.10 Å². The normalized spacial score (nSPS) is 20.4. The van der Waals surface area contributed by atoms with Gasteiger partial charge in [0.05, 0.1) is 11.9 Å². The van der Waals surface area contributed by atoms with Gasteiger partial charge in [0.2, 0.25) is 11.8 Å². The Morgan fingerprint density at radius 2 is 2.08 bits per heavy atom. The van der Waals surface area contributed by atoms with E-state index in [1.54, 1.807) is 29.2 Å². The van der Waals surface area contributed by atoms with E-state index in [1.165, 1.54) is 6.20 Å². The Bertz CT molecular complexity index is 1530. The Morgan fingerprint density at radius 1 is 1.25 bits per heavy atom. The lowest BCUT2D eigenvalue weighted by molar-refractivity contribution is -0.117. The second-order valence-electron chi connectivity index (χ2n) is 9.54. The van der Waals surface area contributed by atoms with Crippen LogP contribution in [-0.4, -0.2) is 38.8 Å². The van der Waals surface area contributed by atoms with Crippen LogP contribution in [0.3, 0.4) is 0 Å². The van der Waals surface area contributed by atoms with Gasteiger partial charge in [0.1, 0.15) is 18.1 Å². The number of carbonyl (C=O) groups is 1. The van der Waals surface area contributed by atoms with Crippen LogP contribution in [-0.2, 0) is 11.8 Å². The standard InChI is InChI=1S/C26H26FN7O2/c1-12-17(9-31-26-24(12)29-4-5-36-26)16-6-14-7-19(30-10-18(14)23(28)22(16)27)33-25(35)21-13(2)20(21)15-8-32-34(3)11-15/h6-11,13,20-21,29H,4-5,28H2,1-3H3,(H,30,33,35)/t13-,20+,21-/m0/s1. The van der Waals surface area contributed by atoms with E-state index in [1.807, 2.05) is 20.2 Å². The van der Waals surface area contributed by atoms with Crippen molar-refractivity contribution in [1.29, 1.82) is 0 Å². The van der Waals surface area contributed by atoms with Crippen LogP contribution in [0.2, 0.25) is 0 Å². The minimum Gasteiger partial charge on any atom is -0.474 e. The summed E-state index contributed by atoms with van der Waals surface area (Å²) in [6, 6.07) is 3.44. The number of nitrogens with two attached hydrogens (primary N) is 1. The summed E-state index contributed by atoms with van der Waals surface area (Å²) in [7, 11) is 1.86. The molecule has 3 atom stereocenters. The molecule has 10 heteroatoms. The number of fused-ring (bicyclic) bond motifs is 2. The zero-order valence-electron chi connectivity index (χ0n) is 20.2. The van der Waals surface area contributed by atoms with Crippen molar-refractivity contribution in [2.24, 2.45) is 18.9 Å². The van der Waals surface area contributed by atoms with Crippen molar-refractivity contribution >= 4 is 33.9 Å². The molecule has 1 aliphatic carbocycles. The molecule has 1 fully saturated rings. The maximum absolute atomic E-state index is 15.4. The highest BCUT2D eigenvalue weighted by Gasteiger charge is 2.52. The molecule has 184 valence electrons. The Balaban J connectivity index is 1.32. The maximum atomic E-state index is 15.4. The number of ether oxygens (including phenoxy) is 1. The third-order valence-corrected chi connectivity index (χ3v) is 7.28. The molecular formula is C26H26FN7O2. The van der Waals surface area contributed by atoms with E-state index < -0.39 is 5.82 Å². The molecule has 0 unspecified atom stereocenters. The third-order valence-electron chi connectivity index (χ3n) is 7.28. The predicted molar refractivity (Wildman–Crippen MR) is 135 cm³/mol. The summed E-state index contributed by atoms with van der Waals surface area (Å²) in [6.45, 7) is 5.13. The summed E-state index contributed by atoms with van der Waals surface area (Å²) in [5.74, 6) is 0.455. The van der Waals surface area contributed by atoms with Crippen LogP contribution < -0.4 is 21.1 Å². The van der Waals surface area contributed by atoms with Gasteiger partial charge in [0.15, 0.2) is 5.82 Å². The molecule has 4 N–H and O–H groups in total. The lowest BCUT2D eigenvalue weighted by Gasteiger charge is -2.22. The Kier molecular flexibility index (Phi) is 5.06. The zero-order valence-corrected chi connectivity index (χ0v) is 20.2. The number of nitrogen functional groups attached to an aromatic ring is 1. The van der Waals surface area contributed by atoms with Gasteiger partial charge in [-0.25, -0.2) is 14.4 Å². The van der Waals surface area contributed by atoms with Crippen molar-refractivity contribution in [3.05, 3.63) is 53.9 Å². The molecule has 3 aromatic heterocycles. The first-order chi connectivity index (χ1) is 17.3. The molecule has 1 amide bonds. The third kappa shape index (κ3) is 3.52. The number of benzene rings is 1. The first-order valence-corrected chi connectivity index (χ1v) is 11.9. The molecule has 1 aromatic carbocycles. The van der Waals surface area contributed by atoms with Crippen molar-refractivity contribution in [3.8, 4) is 17.0 Å². The average Bonchev–Trinajstić information content (AvgIpc) is 3.36. The number of hydrogen-bond acceptors (Lipinski definition) is 7. The first-order valence-electron chi connectivity index (χ1n) is 11.9. The summed E-state index contributed by atoms with van der Waals surface area (Å²) in [5, 5.41) is 11.6. The Hall–Kier alpha value is -4.21. The summed E-state index contributed by atoms with van der Waals surface area (Å²) in [6.07, 6.45) is 6.85. The van der Waals surface area contributed by atoms with E-state index >= 15 is 4.39 Å². The number of anilines is 3. The number of rotatable bonds is 4. The van der Waals surface area contributed by atoms with E-state index in [0.717, 1.165) is 16.8 Å². The number of hydrogen-bond donors (Lipinski definition) is 3. The van der Waals surface area contributed by atoms with E-state index in [2.05, 4.69) is 32.6 Å². The van der Waals surface area contributed by atoms with Gasteiger partial charge in [-0.15, -0.1) is 0 Å². The largest absolute Gasteiger partial charge is 0.474 e. The zero-order chi connectivity index (χ0) is 25.1. The van der Waals surface area contributed by atoms with Crippen LogP contribution >= 0.6 is 0 Å². The number of amides is 1. The van der Waals surface area contributed by atoms with Gasteiger partial charge < -0.3 is 21.1 Å². The molecule has 1 aliphatic heterocycles. The highest BCUT2D eigenvalue weighted by Crippen LogP contribution is 2.54. The van der Waals surface area contributed by atoms with Crippen molar-refractivity contribution < 1.29 is 13.9 Å². The quantitative estimate of drug-likeness (QED) is 0.374. The van der Waals surface area contributed by atoms with Crippen LogP contribution in [0.4, 0.5) is 21.6 Å². The molecule has 0 radical (unpaired) electrons. The number of pyridine rings is 2. The number of nitrogens with zero attached hydrogens (tertiary/aromatic N) is 4. The summed E-state index contributed by atoms with van der Waals surface area (Å²) < 4.78 is 22.7. The highest BCUT2D eigenvalue weighted by molar-refractivity contribution is 6.01. The highest BCUT2D eigenvalue weighted by atomic mass is 19.1. The van der Waals surface area contributed by atoms with E-state index in [9.17, 15) is 4.79 Å². The second kappa shape index (κ2) is 8.18. The lowest BCUT2D eigenvalue weighted by Crippen LogP contribution is -2.20. The molecule has 2 aliphatic rings. The summed E-state index contributed by atoms with van der Waals surface area (Å²) >= 11 is 0. The van der Waals surface area contributed by atoms with Gasteiger partial charge >= 0.3 is 0 Å². The van der Waals surface area contributed by atoms with Gasteiger partial charge in [-0.3, -0.25) is 9.48 Å². The molecule has 36 heavy (non-hydrogen) atoms. The lowest BCUT2D eigenvalue weighted by atomic mass is 9.97. The fraction of sp³-hybridized carbons (Fsp3) is 0.308. The Morgan fingerprint density at radius 3 is 2.86 bits per heavy atom. The topological polar surface area (TPSA) is 120 Å². The fourth-order valence-electron chi connectivity index (χ4n) is 5.25. The number of halogens is 1. The van der Waals surface area contributed by atoms with Gasteiger partial charge in [0, 0.05) is 60.5 Å². The van der Waals surface area contributed by atoms with Crippen molar-refractivity contribution in [3.63, 3.8) is 0 Å². The van der Waals surface area contributed by atoms with E-state index in [0.29, 0.717) is 46.7 Å². The summed E-state index contributed by atoms with van der Waals surface area (Å²) in [4.78, 5) is 21.7. The molecule has 4 heterocycles. The minimum absolute atomic E-state index is 0.00154. The molecule has 4 aromatic rings. The molecule has 6 rings (SSSR count). The number of carbonyl (C=O) groups excluding carboxylic acids is 1. The smallest absolute Gasteiger partial charge is 0.237 e. The molecule has 9 nitrogen and oxygen atoms in total. The van der Waals surface area contributed by atoms with Crippen LogP contribution in [0.5, 0.6) is 5.88 Å².